The monoisotopic (exact) mass is 424 g/mol. The molecule has 0 radical (unpaired) electrons. The lowest BCUT2D eigenvalue weighted by atomic mass is 10.1. The van der Waals surface area contributed by atoms with Gasteiger partial charge >= 0.3 is 6.09 Å². The van der Waals surface area contributed by atoms with Crippen LogP contribution in [0, 0.1) is 5.82 Å². The third kappa shape index (κ3) is 5.44. The Kier molecular flexibility index (Phi) is 6.61. The van der Waals surface area contributed by atoms with Crippen molar-refractivity contribution in [1.82, 2.24) is 0 Å². The molecule has 0 fully saturated rings. The lowest BCUT2D eigenvalue weighted by molar-refractivity contribution is 0.0636. The first-order valence-electron chi connectivity index (χ1n) is 8.11. The van der Waals surface area contributed by atoms with Crippen LogP contribution in [-0.2, 0) is 17.9 Å². The van der Waals surface area contributed by atoms with Crippen molar-refractivity contribution in [3.8, 4) is 0 Å². The zero-order valence-electron chi connectivity index (χ0n) is 14.9. The number of carbonyl (C=O) groups excluding carboxylic acids is 1. The number of rotatable bonds is 5. The summed E-state index contributed by atoms with van der Waals surface area (Å²) < 4.78 is 20.2. The van der Waals surface area contributed by atoms with E-state index in [4.69, 9.17) is 4.74 Å². The van der Waals surface area contributed by atoms with E-state index in [1.807, 2.05) is 0 Å². The highest BCUT2D eigenvalue weighted by Crippen LogP contribution is 2.26. The second-order valence-corrected chi connectivity index (χ2v) is 7.54. The smallest absolute Gasteiger partial charge is 0.412 e. The Morgan fingerprint density at radius 2 is 1.85 bits per heavy atom. The van der Waals surface area contributed by atoms with Crippen LogP contribution < -0.4 is 10.6 Å². The molecule has 1 amide bonds. The van der Waals surface area contributed by atoms with Crippen molar-refractivity contribution in [2.75, 3.05) is 10.6 Å². The van der Waals surface area contributed by atoms with Gasteiger partial charge in [-0.3, -0.25) is 5.32 Å². The minimum Gasteiger partial charge on any atom is -0.444 e. The van der Waals surface area contributed by atoms with Gasteiger partial charge in [-0.1, -0.05) is 34.1 Å². The Bertz CT molecular complexity index is 791. The number of aliphatic hydroxyl groups excluding tert-OH is 1. The standard InChI is InChI=1S/C19H22BrFN2O3/c1-19(2,3)26-18(25)23-16-7-5-4-6-15(16)22-10-12-8-9-14(20)13(11-24)17(12)21/h4-9,22,24H,10-11H2,1-3H3,(H,23,25). The Morgan fingerprint density at radius 1 is 1.19 bits per heavy atom. The number of anilines is 2. The molecule has 2 aromatic carbocycles. The molecule has 0 aliphatic rings. The summed E-state index contributed by atoms with van der Waals surface area (Å²) in [5.74, 6) is -0.466. The highest BCUT2D eigenvalue weighted by atomic mass is 79.9. The molecule has 0 aliphatic carbocycles. The number of hydrogen-bond donors (Lipinski definition) is 3. The normalized spacial score (nSPS) is 11.2. The van der Waals surface area contributed by atoms with Gasteiger partial charge in [-0.05, 0) is 39.0 Å². The fourth-order valence-corrected chi connectivity index (χ4v) is 2.71. The van der Waals surface area contributed by atoms with Crippen LogP contribution in [0.3, 0.4) is 0 Å². The van der Waals surface area contributed by atoms with E-state index in [1.54, 1.807) is 57.2 Å². The highest BCUT2D eigenvalue weighted by molar-refractivity contribution is 9.10. The zero-order valence-corrected chi connectivity index (χ0v) is 16.5. The Labute approximate surface area is 160 Å². The third-order valence-corrected chi connectivity index (χ3v) is 4.20. The van der Waals surface area contributed by atoms with Crippen LogP contribution >= 0.6 is 15.9 Å². The summed E-state index contributed by atoms with van der Waals surface area (Å²) >= 11 is 3.22. The van der Waals surface area contributed by atoms with E-state index in [-0.39, 0.29) is 12.1 Å². The molecule has 0 saturated carbocycles. The minimum atomic E-state index is -0.603. The maximum atomic E-state index is 14.4. The van der Waals surface area contributed by atoms with E-state index in [2.05, 4.69) is 26.6 Å². The molecule has 0 spiro atoms. The predicted octanol–water partition coefficient (Wildman–Crippen LogP) is 5.04. The summed E-state index contributed by atoms with van der Waals surface area (Å²) in [6, 6.07) is 10.4. The van der Waals surface area contributed by atoms with E-state index >= 15 is 0 Å². The van der Waals surface area contributed by atoms with Crippen LogP contribution in [0.1, 0.15) is 31.9 Å². The number of benzene rings is 2. The van der Waals surface area contributed by atoms with E-state index in [1.165, 1.54) is 0 Å². The first-order valence-corrected chi connectivity index (χ1v) is 8.90. The molecule has 0 atom stereocenters. The summed E-state index contributed by atoms with van der Waals surface area (Å²) in [6.45, 7) is 5.15. The van der Waals surface area contributed by atoms with Crippen molar-refractivity contribution in [3.05, 3.63) is 57.8 Å². The quantitative estimate of drug-likeness (QED) is 0.628. The fraction of sp³-hybridized carbons (Fsp3) is 0.316. The van der Waals surface area contributed by atoms with Gasteiger partial charge in [0.05, 0.1) is 18.0 Å². The molecule has 5 nitrogen and oxygen atoms in total. The van der Waals surface area contributed by atoms with Gasteiger partial charge in [0.25, 0.3) is 0 Å². The summed E-state index contributed by atoms with van der Waals surface area (Å²) in [6.07, 6.45) is -0.566. The van der Waals surface area contributed by atoms with Gasteiger partial charge in [-0.2, -0.15) is 0 Å². The number of halogens is 2. The van der Waals surface area contributed by atoms with Crippen LogP contribution in [0.15, 0.2) is 40.9 Å². The molecule has 2 aromatic rings. The zero-order chi connectivity index (χ0) is 19.3. The van der Waals surface area contributed by atoms with E-state index in [0.29, 0.717) is 21.4 Å². The van der Waals surface area contributed by atoms with Gasteiger partial charge < -0.3 is 15.2 Å². The molecule has 0 aromatic heterocycles. The van der Waals surface area contributed by atoms with Crippen molar-refractivity contribution in [1.29, 1.82) is 0 Å². The average Bonchev–Trinajstić information content (AvgIpc) is 2.54. The minimum absolute atomic E-state index is 0.194. The summed E-state index contributed by atoms with van der Waals surface area (Å²) in [7, 11) is 0. The van der Waals surface area contributed by atoms with Crippen molar-refractivity contribution >= 4 is 33.4 Å². The first-order chi connectivity index (χ1) is 12.2. The third-order valence-electron chi connectivity index (χ3n) is 3.46. The maximum Gasteiger partial charge on any atom is 0.412 e. The number of para-hydroxylation sites is 2. The molecular weight excluding hydrogens is 403 g/mol. The maximum absolute atomic E-state index is 14.4. The number of carbonyl (C=O) groups is 1. The van der Waals surface area contributed by atoms with Crippen LogP contribution in [-0.4, -0.2) is 16.8 Å². The SMILES string of the molecule is CC(C)(C)OC(=O)Nc1ccccc1NCc1ccc(Br)c(CO)c1F. The largest absolute Gasteiger partial charge is 0.444 e. The molecular formula is C19H22BrFN2O3. The lowest BCUT2D eigenvalue weighted by Gasteiger charge is -2.20. The van der Waals surface area contributed by atoms with Crippen LogP contribution in [0.5, 0.6) is 0 Å². The number of nitrogens with one attached hydrogen (secondary N) is 2. The fourth-order valence-electron chi connectivity index (χ4n) is 2.28. The Hall–Kier alpha value is -2.12. The van der Waals surface area contributed by atoms with Gasteiger partial charge in [0.1, 0.15) is 11.4 Å². The number of amides is 1. The summed E-state index contributed by atoms with van der Waals surface area (Å²) in [4.78, 5) is 12.0. The van der Waals surface area contributed by atoms with Crippen LogP contribution in [0.4, 0.5) is 20.6 Å². The summed E-state index contributed by atoms with van der Waals surface area (Å²) in [5, 5.41) is 15.1. The average molecular weight is 425 g/mol. The Balaban J connectivity index is 2.13. The molecule has 0 unspecified atom stereocenters. The molecule has 140 valence electrons. The van der Waals surface area contributed by atoms with Gasteiger partial charge in [0, 0.05) is 22.1 Å². The second kappa shape index (κ2) is 8.51. The molecule has 0 heterocycles. The van der Waals surface area contributed by atoms with Crippen molar-refractivity contribution in [3.63, 3.8) is 0 Å². The van der Waals surface area contributed by atoms with E-state index in [9.17, 15) is 14.3 Å². The van der Waals surface area contributed by atoms with Crippen molar-refractivity contribution < 1.29 is 19.0 Å². The molecule has 2 rings (SSSR count). The predicted molar refractivity (Wildman–Crippen MR) is 104 cm³/mol. The van der Waals surface area contributed by atoms with Crippen LogP contribution in [0.2, 0.25) is 0 Å². The van der Waals surface area contributed by atoms with Gasteiger partial charge in [-0.15, -0.1) is 0 Å². The van der Waals surface area contributed by atoms with Crippen LogP contribution in [0.25, 0.3) is 0 Å². The second-order valence-electron chi connectivity index (χ2n) is 6.68. The first kappa shape index (κ1) is 20.2. The van der Waals surface area contributed by atoms with Crippen molar-refractivity contribution in [2.45, 2.75) is 39.5 Å². The lowest BCUT2D eigenvalue weighted by Crippen LogP contribution is -2.27. The number of hydrogen-bond acceptors (Lipinski definition) is 4. The summed E-state index contributed by atoms with van der Waals surface area (Å²) in [5.41, 5.74) is 1.18. The van der Waals surface area contributed by atoms with Gasteiger partial charge in [0.15, 0.2) is 0 Å². The molecule has 26 heavy (non-hydrogen) atoms. The van der Waals surface area contributed by atoms with E-state index in [0.717, 1.165) is 0 Å². The Morgan fingerprint density at radius 3 is 2.46 bits per heavy atom. The molecule has 3 N–H and O–H groups in total. The number of aliphatic hydroxyl groups is 1. The van der Waals surface area contributed by atoms with Crippen molar-refractivity contribution in [2.24, 2.45) is 0 Å². The van der Waals surface area contributed by atoms with Gasteiger partial charge in [0.2, 0.25) is 0 Å². The van der Waals surface area contributed by atoms with E-state index < -0.39 is 24.1 Å². The van der Waals surface area contributed by atoms with Gasteiger partial charge in [-0.25, -0.2) is 9.18 Å². The topological polar surface area (TPSA) is 70.6 Å². The highest BCUT2D eigenvalue weighted by Gasteiger charge is 2.17. The number of ether oxygens (including phenoxy) is 1. The molecule has 0 saturated heterocycles. The molecule has 7 heteroatoms. The molecule has 0 bridgehead atoms. The molecule has 0 aliphatic heterocycles.